The van der Waals surface area contributed by atoms with Crippen molar-refractivity contribution in [1.29, 1.82) is 0 Å². The Labute approximate surface area is 116 Å². The van der Waals surface area contributed by atoms with Crippen LogP contribution < -0.4 is 4.90 Å². The second-order valence-corrected chi connectivity index (χ2v) is 6.65. The summed E-state index contributed by atoms with van der Waals surface area (Å²) in [5.74, 6) is 0.453. The molecule has 1 heterocycles. The van der Waals surface area contributed by atoms with E-state index in [9.17, 15) is 9.90 Å². The lowest BCUT2D eigenvalue weighted by Crippen LogP contribution is -2.45. The third kappa shape index (κ3) is 1.62. The first-order valence-corrected chi connectivity index (χ1v) is 7.57. The molecule has 3 aliphatic rings. The number of fused-ring (bicyclic) bond motifs is 3. The molecular formula is C15H15NO2S. The standard InChI is InChI=1S/C15H15NO2S/c17-15(18)14-16(11-3-1-2-4-13(11)19-14)12-8-9-5-6-10(12)7-9/h1-6,9-10,12,14H,7-8H2,(H,17,18)/t9-,10-,12+,14?/m0/s1. The molecule has 2 bridgehead atoms. The fourth-order valence-corrected chi connectivity index (χ4v) is 4.84. The van der Waals surface area contributed by atoms with E-state index in [1.165, 1.54) is 18.2 Å². The predicted octanol–water partition coefficient (Wildman–Crippen LogP) is 2.97. The predicted molar refractivity (Wildman–Crippen MR) is 75.3 cm³/mol. The van der Waals surface area contributed by atoms with Gasteiger partial charge in [-0.15, -0.1) is 0 Å². The monoisotopic (exact) mass is 273 g/mol. The number of hydrogen-bond acceptors (Lipinski definition) is 3. The largest absolute Gasteiger partial charge is 0.479 e. The van der Waals surface area contributed by atoms with Gasteiger partial charge in [0.15, 0.2) is 5.37 Å². The molecule has 19 heavy (non-hydrogen) atoms. The van der Waals surface area contributed by atoms with Gasteiger partial charge in [0.25, 0.3) is 0 Å². The van der Waals surface area contributed by atoms with Crippen molar-refractivity contribution in [3.63, 3.8) is 0 Å². The van der Waals surface area contributed by atoms with Crippen molar-refractivity contribution in [3.8, 4) is 0 Å². The van der Waals surface area contributed by atoms with Crippen molar-refractivity contribution in [2.24, 2.45) is 11.8 Å². The van der Waals surface area contributed by atoms with Gasteiger partial charge in [-0.05, 0) is 36.8 Å². The van der Waals surface area contributed by atoms with Crippen molar-refractivity contribution in [2.45, 2.75) is 29.2 Å². The van der Waals surface area contributed by atoms with Crippen LogP contribution in [0.25, 0.3) is 0 Å². The first-order chi connectivity index (χ1) is 9.24. The molecule has 0 aromatic heterocycles. The van der Waals surface area contributed by atoms with Gasteiger partial charge in [0.2, 0.25) is 0 Å². The summed E-state index contributed by atoms with van der Waals surface area (Å²) in [6.07, 6.45) is 6.87. The first-order valence-electron chi connectivity index (χ1n) is 6.69. The Hall–Kier alpha value is -1.42. The molecule has 4 heteroatoms. The van der Waals surface area contributed by atoms with Crippen molar-refractivity contribution in [2.75, 3.05) is 4.90 Å². The van der Waals surface area contributed by atoms with E-state index in [2.05, 4.69) is 23.1 Å². The maximum absolute atomic E-state index is 11.6. The van der Waals surface area contributed by atoms with Gasteiger partial charge < -0.3 is 10.0 Å². The molecule has 1 aromatic carbocycles. The van der Waals surface area contributed by atoms with Gasteiger partial charge in [0.1, 0.15) is 0 Å². The number of thioether (sulfide) groups is 1. The van der Waals surface area contributed by atoms with Gasteiger partial charge in [0, 0.05) is 10.9 Å². The smallest absolute Gasteiger partial charge is 0.337 e. The van der Waals surface area contributed by atoms with Gasteiger partial charge in [0.05, 0.1) is 5.69 Å². The number of para-hydroxylation sites is 1. The van der Waals surface area contributed by atoms with Crippen LogP contribution >= 0.6 is 11.8 Å². The molecule has 4 atom stereocenters. The van der Waals surface area contributed by atoms with Crippen LogP contribution in [0.15, 0.2) is 41.3 Å². The van der Waals surface area contributed by atoms with Gasteiger partial charge in [-0.3, -0.25) is 0 Å². The lowest BCUT2D eigenvalue weighted by Gasteiger charge is -2.34. The average Bonchev–Trinajstić information content (AvgIpc) is 3.10. The van der Waals surface area contributed by atoms with E-state index in [0.717, 1.165) is 17.0 Å². The van der Waals surface area contributed by atoms with Crippen molar-refractivity contribution in [3.05, 3.63) is 36.4 Å². The van der Waals surface area contributed by atoms with E-state index in [0.29, 0.717) is 17.9 Å². The summed E-state index contributed by atoms with van der Waals surface area (Å²) in [7, 11) is 0. The van der Waals surface area contributed by atoms with E-state index in [-0.39, 0.29) is 0 Å². The zero-order valence-corrected chi connectivity index (χ0v) is 11.2. The van der Waals surface area contributed by atoms with Crippen LogP contribution in [0, 0.1) is 11.8 Å². The summed E-state index contributed by atoms with van der Waals surface area (Å²) >= 11 is 1.47. The minimum Gasteiger partial charge on any atom is -0.479 e. The van der Waals surface area contributed by atoms with Crippen LogP contribution in [0.5, 0.6) is 0 Å². The van der Waals surface area contributed by atoms with Gasteiger partial charge in [-0.2, -0.15) is 0 Å². The minimum atomic E-state index is -0.729. The molecule has 1 unspecified atom stereocenters. The molecule has 0 spiro atoms. The molecule has 0 radical (unpaired) electrons. The molecule has 1 aliphatic heterocycles. The average molecular weight is 273 g/mol. The zero-order valence-electron chi connectivity index (χ0n) is 10.4. The molecule has 3 nitrogen and oxygen atoms in total. The van der Waals surface area contributed by atoms with Crippen molar-refractivity contribution < 1.29 is 9.90 Å². The number of allylic oxidation sites excluding steroid dienone is 1. The molecular weight excluding hydrogens is 258 g/mol. The number of rotatable bonds is 2. The normalized spacial score (nSPS) is 34.8. The highest BCUT2D eigenvalue weighted by Crippen LogP contribution is 2.50. The quantitative estimate of drug-likeness (QED) is 0.841. The van der Waals surface area contributed by atoms with Crippen LogP contribution in [0.1, 0.15) is 12.8 Å². The van der Waals surface area contributed by atoms with E-state index in [4.69, 9.17) is 0 Å². The Kier molecular flexibility index (Phi) is 2.42. The molecule has 98 valence electrons. The summed E-state index contributed by atoms with van der Waals surface area (Å²) < 4.78 is 0. The fraction of sp³-hybridized carbons (Fsp3) is 0.400. The number of benzene rings is 1. The van der Waals surface area contributed by atoms with Crippen LogP contribution in [0.4, 0.5) is 5.69 Å². The Morgan fingerprint density at radius 1 is 1.26 bits per heavy atom. The maximum Gasteiger partial charge on any atom is 0.337 e. The molecule has 1 N–H and O–H groups in total. The van der Waals surface area contributed by atoms with Gasteiger partial charge in [-0.1, -0.05) is 36.0 Å². The highest BCUT2D eigenvalue weighted by molar-refractivity contribution is 8.01. The number of anilines is 1. The second kappa shape index (κ2) is 4.04. The van der Waals surface area contributed by atoms with E-state index in [1.807, 2.05) is 18.2 Å². The van der Waals surface area contributed by atoms with E-state index < -0.39 is 11.3 Å². The Morgan fingerprint density at radius 3 is 2.79 bits per heavy atom. The Morgan fingerprint density at radius 2 is 2.11 bits per heavy atom. The summed E-state index contributed by atoms with van der Waals surface area (Å²) in [6.45, 7) is 0. The minimum absolute atomic E-state index is 0.354. The Bertz CT molecular complexity index is 571. The van der Waals surface area contributed by atoms with E-state index >= 15 is 0 Å². The topological polar surface area (TPSA) is 40.5 Å². The zero-order chi connectivity index (χ0) is 13.0. The number of carboxylic acid groups (broad SMARTS) is 1. The van der Waals surface area contributed by atoms with Crippen LogP contribution in [-0.2, 0) is 4.79 Å². The molecule has 1 saturated carbocycles. The molecule has 4 rings (SSSR count). The SMILES string of the molecule is O=C(O)C1Sc2ccccc2N1[C@@H]1C[C@H]2C=C[C@H]1C2. The van der Waals surface area contributed by atoms with Crippen molar-refractivity contribution in [1.82, 2.24) is 0 Å². The summed E-state index contributed by atoms with van der Waals surface area (Å²) in [5.41, 5.74) is 1.10. The number of hydrogen-bond donors (Lipinski definition) is 1. The maximum atomic E-state index is 11.6. The number of aliphatic carboxylic acids is 1. The molecule has 1 fully saturated rings. The molecule has 0 amide bonds. The number of carbonyl (C=O) groups is 1. The molecule has 1 aromatic rings. The summed E-state index contributed by atoms with van der Waals surface area (Å²) in [6, 6.07) is 8.42. The first kappa shape index (κ1) is 11.4. The number of nitrogens with zero attached hydrogens (tertiary/aromatic N) is 1. The summed E-state index contributed by atoms with van der Waals surface area (Å²) in [5, 5.41) is 9.04. The second-order valence-electron chi connectivity index (χ2n) is 5.53. The lowest BCUT2D eigenvalue weighted by atomic mass is 9.99. The Balaban J connectivity index is 1.75. The fourth-order valence-electron chi connectivity index (χ4n) is 3.67. The third-order valence-corrected chi connectivity index (χ3v) is 5.70. The molecule has 0 saturated heterocycles. The van der Waals surface area contributed by atoms with Crippen LogP contribution in [0.2, 0.25) is 0 Å². The summed E-state index contributed by atoms with van der Waals surface area (Å²) in [4.78, 5) is 14.8. The molecule has 2 aliphatic carbocycles. The van der Waals surface area contributed by atoms with Gasteiger partial charge >= 0.3 is 5.97 Å². The lowest BCUT2D eigenvalue weighted by molar-refractivity contribution is -0.136. The highest BCUT2D eigenvalue weighted by Gasteiger charge is 2.46. The van der Waals surface area contributed by atoms with Gasteiger partial charge in [-0.25, -0.2) is 4.79 Å². The highest BCUT2D eigenvalue weighted by atomic mass is 32.2. The van der Waals surface area contributed by atoms with Crippen molar-refractivity contribution >= 4 is 23.4 Å². The third-order valence-electron chi connectivity index (χ3n) is 4.45. The van der Waals surface area contributed by atoms with Crippen LogP contribution in [0.3, 0.4) is 0 Å². The number of carboxylic acids is 1. The van der Waals surface area contributed by atoms with Crippen LogP contribution in [-0.4, -0.2) is 22.5 Å². The van der Waals surface area contributed by atoms with E-state index in [1.54, 1.807) is 0 Å².